The molecule has 0 saturated carbocycles. The van der Waals surface area contributed by atoms with Crippen molar-refractivity contribution in [2.75, 3.05) is 27.4 Å². The summed E-state index contributed by atoms with van der Waals surface area (Å²) in [5.41, 5.74) is 0.889. The predicted molar refractivity (Wildman–Crippen MR) is 79.7 cm³/mol. The van der Waals surface area contributed by atoms with Gasteiger partial charge in [0.05, 0.1) is 26.4 Å². The molecule has 8 heteroatoms. The van der Waals surface area contributed by atoms with Crippen LogP contribution in [0.25, 0.3) is 0 Å². The number of hydrogen-bond donors (Lipinski definition) is 1. The molecule has 2 amide bonds. The molecule has 0 spiro atoms. The molecule has 0 fully saturated rings. The van der Waals surface area contributed by atoms with Gasteiger partial charge in [-0.3, -0.25) is 10.1 Å². The normalized spacial score (nSPS) is 9.74. The van der Waals surface area contributed by atoms with Crippen LogP contribution in [0.4, 0.5) is 4.79 Å². The van der Waals surface area contributed by atoms with Crippen LogP contribution in [0.15, 0.2) is 12.1 Å². The molecule has 1 aromatic carbocycles. The average molecular weight is 325 g/mol. The second-order valence-electron chi connectivity index (χ2n) is 4.35. The van der Waals surface area contributed by atoms with E-state index in [4.69, 9.17) is 14.2 Å². The summed E-state index contributed by atoms with van der Waals surface area (Å²) in [5, 5.41) is 1.92. The Kier molecular flexibility index (Phi) is 6.85. The van der Waals surface area contributed by atoms with Gasteiger partial charge in [-0.1, -0.05) is 0 Å². The van der Waals surface area contributed by atoms with Crippen molar-refractivity contribution in [3.8, 4) is 11.5 Å². The zero-order valence-electron chi connectivity index (χ0n) is 13.4. The maximum atomic E-state index is 12.0. The zero-order valence-corrected chi connectivity index (χ0v) is 13.4. The molecule has 23 heavy (non-hydrogen) atoms. The van der Waals surface area contributed by atoms with E-state index in [1.807, 2.05) is 5.32 Å². The Bertz CT molecular complexity index is 572. The van der Waals surface area contributed by atoms with Gasteiger partial charge in [-0.05, 0) is 26.0 Å². The highest BCUT2D eigenvalue weighted by atomic mass is 16.6. The van der Waals surface area contributed by atoms with Gasteiger partial charge in [0.1, 0.15) is 11.5 Å². The van der Waals surface area contributed by atoms with Crippen molar-refractivity contribution in [2.24, 2.45) is 0 Å². The van der Waals surface area contributed by atoms with Crippen molar-refractivity contribution in [3.63, 3.8) is 0 Å². The molecule has 0 radical (unpaired) electrons. The molecule has 0 unspecified atom stereocenters. The number of nitrogens with one attached hydrogen (secondary N) is 1. The minimum Gasteiger partial charge on any atom is -0.496 e. The Balaban J connectivity index is 2.71. The topological polar surface area (TPSA) is 100 Å². The fraction of sp³-hybridized carbons (Fsp3) is 0.400. The maximum absolute atomic E-state index is 12.0. The first-order valence-corrected chi connectivity index (χ1v) is 6.79. The van der Waals surface area contributed by atoms with E-state index in [0.29, 0.717) is 11.5 Å². The van der Waals surface area contributed by atoms with E-state index in [0.717, 1.165) is 5.56 Å². The SMILES string of the molecule is CCOC(=O)NC(=O)COC(=O)c1cc(OC)c(C)c(OC)c1. The third-order valence-corrected chi connectivity index (χ3v) is 2.84. The highest BCUT2D eigenvalue weighted by molar-refractivity contribution is 5.95. The van der Waals surface area contributed by atoms with Crippen molar-refractivity contribution in [1.29, 1.82) is 0 Å². The first-order chi connectivity index (χ1) is 10.9. The van der Waals surface area contributed by atoms with Crippen LogP contribution in [0.2, 0.25) is 0 Å². The van der Waals surface area contributed by atoms with Gasteiger partial charge >= 0.3 is 12.1 Å². The monoisotopic (exact) mass is 325 g/mol. The van der Waals surface area contributed by atoms with E-state index in [2.05, 4.69) is 4.74 Å². The summed E-state index contributed by atoms with van der Waals surface area (Å²) in [6, 6.07) is 2.95. The number of amides is 2. The lowest BCUT2D eigenvalue weighted by molar-refractivity contribution is -0.123. The number of rotatable bonds is 6. The molecule has 0 bridgehead atoms. The van der Waals surface area contributed by atoms with Crippen LogP contribution in [0, 0.1) is 6.92 Å². The quantitative estimate of drug-likeness (QED) is 0.790. The van der Waals surface area contributed by atoms with Crippen molar-refractivity contribution in [1.82, 2.24) is 5.32 Å². The molecule has 1 rings (SSSR count). The predicted octanol–water partition coefficient (Wildman–Crippen LogP) is 1.44. The fourth-order valence-electron chi connectivity index (χ4n) is 1.74. The minimum atomic E-state index is -0.896. The molecule has 0 aliphatic carbocycles. The molecule has 8 nitrogen and oxygen atoms in total. The first-order valence-electron chi connectivity index (χ1n) is 6.79. The second-order valence-corrected chi connectivity index (χ2v) is 4.35. The summed E-state index contributed by atoms with van der Waals surface area (Å²) in [7, 11) is 2.92. The Labute approximate surface area is 133 Å². The van der Waals surface area contributed by atoms with Crippen molar-refractivity contribution >= 4 is 18.0 Å². The molecule has 1 N–H and O–H groups in total. The molecule has 0 atom stereocenters. The van der Waals surface area contributed by atoms with Gasteiger partial charge in [0.2, 0.25) is 0 Å². The van der Waals surface area contributed by atoms with Crippen LogP contribution in [0.1, 0.15) is 22.8 Å². The van der Waals surface area contributed by atoms with E-state index < -0.39 is 24.6 Å². The molecule has 126 valence electrons. The highest BCUT2D eigenvalue weighted by Gasteiger charge is 2.16. The molecule has 1 aromatic rings. The third-order valence-electron chi connectivity index (χ3n) is 2.84. The highest BCUT2D eigenvalue weighted by Crippen LogP contribution is 2.29. The number of esters is 1. The lowest BCUT2D eigenvalue weighted by Gasteiger charge is -2.12. The van der Waals surface area contributed by atoms with E-state index in [-0.39, 0.29) is 12.2 Å². The van der Waals surface area contributed by atoms with Crippen LogP contribution < -0.4 is 14.8 Å². The Morgan fingerprint density at radius 2 is 1.61 bits per heavy atom. The number of methoxy groups -OCH3 is 2. The van der Waals surface area contributed by atoms with Crippen LogP contribution in [0.3, 0.4) is 0 Å². The molecule has 0 aromatic heterocycles. The number of benzene rings is 1. The Morgan fingerprint density at radius 1 is 1.04 bits per heavy atom. The van der Waals surface area contributed by atoms with Crippen LogP contribution in [-0.2, 0) is 14.3 Å². The standard InChI is InChI=1S/C15H19NO7/c1-5-22-15(19)16-13(17)8-23-14(18)10-6-11(20-3)9(2)12(7-10)21-4/h6-7H,5,8H2,1-4H3,(H,16,17,19). The first kappa shape index (κ1) is 18.3. The summed E-state index contributed by atoms with van der Waals surface area (Å²) in [6.07, 6.45) is -0.896. The Hall–Kier alpha value is -2.77. The number of imide groups is 1. The molecular weight excluding hydrogens is 306 g/mol. The average Bonchev–Trinajstić information content (AvgIpc) is 2.52. The summed E-state index contributed by atoms with van der Waals surface area (Å²) in [6.45, 7) is 2.89. The molecule has 0 aliphatic heterocycles. The van der Waals surface area contributed by atoms with Crippen LogP contribution >= 0.6 is 0 Å². The molecule has 0 aliphatic rings. The van der Waals surface area contributed by atoms with Crippen LogP contribution in [-0.4, -0.2) is 45.4 Å². The van der Waals surface area contributed by atoms with E-state index in [1.165, 1.54) is 26.4 Å². The van der Waals surface area contributed by atoms with Gasteiger partial charge in [-0.15, -0.1) is 0 Å². The summed E-state index contributed by atoms with van der Waals surface area (Å²) in [5.74, 6) is -0.636. The zero-order chi connectivity index (χ0) is 17.4. The van der Waals surface area contributed by atoms with E-state index in [1.54, 1.807) is 13.8 Å². The molecule has 0 heterocycles. The van der Waals surface area contributed by atoms with Crippen molar-refractivity contribution in [3.05, 3.63) is 23.3 Å². The largest absolute Gasteiger partial charge is 0.496 e. The summed E-state index contributed by atoms with van der Waals surface area (Å²) >= 11 is 0. The third kappa shape index (κ3) is 5.17. The minimum absolute atomic E-state index is 0.127. The van der Waals surface area contributed by atoms with Gasteiger partial charge < -0.3 is 18.9 Å². The van der Waals surface area contributed by atoms with Gasteiger partial charge in [0, 0.05) is 5.56 Å². The van der Waals surface area contributed by atoms with Gasteiger partial charge in [-0.2, -0.15) is 0 Å². The summed E-state index contributed by atoms with van der Waals surface area (Å²) < 4.78 is 19.7. The van der Waals surface area contributed by atoms with Crippen molar-refractivity contribution < 1.29 is 33.3 Å². The summed E-state index contributed by atoms with van der Waals surface area (Å²) in [4.78, 5) is 34.4. The lowest BCUT2D eigenvalue weighted by atomic mass is 10.1. The number of hydrogen-bond acceptors (Lipinski definition) is 7. The van der Waals surface area contributed by atoms with Gasteiger partial charge in [-0.25, -0.2) is 9.59 Å². The lowest BCUT2D eigenvalue weighted by Crippen LogP contribution is -2.34. The fourth-order valence-corrected chi connectivity index (χ4v) is 1.74. The van der Waals surface area contributed by atoms with Gasteiger partial charge in [0.15, 0.2) is 6.61 Å². The smallest absolute Gasteiger partial charge is 0.413 e. The second kappa shape index (κ2) is 8.62. The number of ether oxygens (including phenoxy) is 4. The van der Waals surface area contributed by atoms with Gasteiger partial charge in [0.25, 0.3) is 5.91 Å². The maximum Gasteiger partial charge on any atom is 0.413 e. The number of carbonyl (C=O) groups is 3. The molecule has 0 saturated heterocycles. The number of carbonyl (C=O) groups excluding carboxylic acids is 3. The van der Waals surface area contributed by atoms with E-state index in [9.17, 15) is 14.4 Å². The molecular formula is C15H19NO7. The Morgan fingerprint density at radius 3 is 2.09 bits per heavy atom. The van der Waals surface area contributed by atoms with Crippen molar-refractivity contribution in [2.45, 2.75) is 13.8 Å². The number of alkyl carbamates (subject to hydrolysis) is 1. The van der Waals surface area contributed by atoms with Crippen LogP contribution in [0.5, 0.6) is 11.5 Å². The van der Waals surface area contributed by atoms with E-state index >= 15 is 0 Å².